The molecule has 0 unspecified atom stereocenters. The van der Waals surface area contributed by atoms with Crippen LogP contribution >= 0.6 is 0 Å². The van der Waals surface area contributed by atoms with Crippen LogP contribution < -0.4 is 0 Å². The van der Waals surface area contributed by atoms with E-state index in [1.54, 1.807) is 0 Å². The molecule has 1 nitrogen and oxygen atoms in total. The first-order valence-electron chi connectivity index (χ1n) is 4.91. The van der Waals surface area contributed by atoms with Crippen molar-refractivity contribution in [3.8, 4) is 12.3 Å². The third-order valence-corrected chi connectivity index (χ3v) is 3.45. The van der Waals surface area contributed by atoms with Gasteiger partial charge in [-0.25, -0.2) is 0 Å². The summed E-state index contributed by atoms with van der Waals surface area (Å²) in [5, 5.41) is 4.39. The molecule has 1 radical (unpaired) electrons. The maximum atomic E-state index is 5.29. The molecule has 0 aromatic carbocycles. The Labute approximate surface area is 94.7 Å². The fraction of sp³-hybridized carbons (Fsp3) is 0.818. The Morgan fingerprint density at radius 2 is 1.92 bits per heavy atom. The topological polar surface area (TPSA) is 14.1 Å². The molecule has 13 heavy (non-hydrogen) atoms. The Bertz CT molecular complexity index is 193. The molecule has 2 rings (SSSR count). The predicted octanol–water partition coefficient (Wildman–Crippen LogP) is 2.57. The molecule has 2 fully saturated rings. The monoisotopic (exact) mass is 349 g/mol. The minimum atomic E-state index is 0. The number of terminal acetylenes is 1. The van der Waals surface area contributed by atoms with Crippen molar-refractivity contribution in [2.45, 2.75) is 32.1 Å². The molecular weight excluding hydrogens is 332 g/mol. The average molecular weight is 348 g/mol. The number of piperidine rings is 1. The van der Waals surface area contributed by atoms with Gasteiger partial charge in [0.2, 0.25) is 0 Å². The Balaban J connectivity index is 0.000000845. The molecule has 1 saturated heterocycles. The second-order valence-electron chi connectivity index (χ2n) is 4.35. The second kappa shape index (κ2) is 4.61. The molecular formula is C11H16NRe-. The molecule has 1 aliphatic heterocycles. The fourth-order valence-electron chi connectivity index (χ4n) is 2.75. The minimum Gasteiger partial charge on any atom is -0.662 e. The van der Waals surface area contributed by atoms with Gasteiger partial charge in [-0.05, 0) is 24.2 Å². The van der Waals surface area contributed by atoms with E-state index >= 15 is 0 Å². The van der Waals surface area contributed by atoms with Crippen molar-refractivity contribution in [1.29, 1.82) is 0 Å². The first kappa shape index (κ1) is 11.3. The van der Waals surface area contributed by atoms with Crippen LogP contribution in [-0.4, -0.2) is 13.1 Å². The van der Waals surface area contributed by atoms with Gasteiger partial charge in [0.25, 0.3) is 0 Å². The Morgan fingerprint density at radius 1 is 1.31 bits per heavy atom. The maximum absolute atomic E-state index is 5.29. The largest absolute Gasteiger partial charge is 0.662 e. The summed E-state index contributed by atoms with van der Waals surface area (Å²) in [6, 6.07) is 0. The Hall–Kier alpha value is 0.182. The van der Waals surface area contributed by atoms with E-state index in [0.29, 0.717) is 5.41 Å². The van der Waals surface area contributed by atoms with Crippen LogP contribution in [0.25, 0.3) is 5.32 Å². The first-order chi connectivity index (χ1) is 5.85. The number of rotatable bonds is 1. The van der Waals surface area contributed by atoms with Crippen molar-refractivity contribution in [2.75, 3.05) is 13.1 Å². The van der Waals surface area contributed by atoms with Crippen LogP contribution in [0.5, 0.6) is 0 Å². The van der Waals surface area contributed by atoms with Crippen molar-refractivity contribution in [2.24, 2.45) is 11.3 Å². The summed E-state index contributed by atoms with van der Waals surface area (Å²) in [5.74, 6) is 3.61. The second-order valence-corrected chi connectivity index (χ2v) is 4.35. The molecule has 0 N–H and O–H groups in total. The van der Waals surface area contributed by atoms with E-state index in [1.165, 1.54) is 25.7 Å². The van der Waals surface area contributed by atoms with Gasteiger partial charge in [0.15, 0.2) is 0 Å². The molecule has 2 aliphatic rings. The summed E-state index contributed by atoms with van der Waals surface area (Å²) in [7, 11) is 0. The van der Waals surface area contributed by atoms with Crippen molar-refractivity contribution in [3.05, 3.63) is 5.32 Å². The summed E-state index contributed by atoms with van der Waals surface area (Å²) < 4.78 is 0. The van der Waals surface area contributed by atoms with Crippen LogP contribution in [-0.2, 0) is 20.4 Å². The molecule has 1 saturated carbocycles. The van der Waals surface area contributed by atoms with Gasteiger partial charge in [-0.2, -0.15) is 0 Å². The standard InChI is InChI=1S/C11H16N.Re/c1-2-3-10-8-11(9-10)4-6-12-7-5-11;/h1,10H,3-9H2;/q-1;. The van der Waals surface area contributed by atoms with Gasteiger partial charge < -0.3 is 5.32 Å². The number of nitrogens with zero attached hydrogens (tertiary/aromatic N) is 1. The zero-order valence-electron chi connectivity index (χ0n) is 7.93. The predicted molar refractivity (Wildman–Crippen MR) is 50.9 cm³/mol. The maximum Gasteiger partial charge on any atom is 0.0115 e. The normalized spacial score (nSPS) is 25.8. The summed E-state index contributed by atoms with van der Waals surface area (Å²) in [6.07, 6.45) is 11.7. The number of hydrogen-bond donors (Lipinski definition) is 0. The summed E-state index contributed by atoms with van der Waals surface area (Å²) in [4.78, 5) is 0. The summed E-state index contributed by atoms with van der Waals surface area (Å²) in [6.45, 7) is 2.20. The summed E-state index contributed by atoms with van der Waals surface area (Å²) >= 11 is 0. The molecule has 0 bridgehead atoms. The van der Waals surface area contributed by atoms with Gasteiger partial charge in [0, 0.05) is 26.8 Å². The average Bonchev–Trinajstić information content (AvgIpc) is 2.04. The Morgan fingerprint density at radius 3 is 2.46 bits per heavy atom. The zero-order chi connectivity index (χ0) is 8.44. The molecule has 1 spiro atoms. The van der Waals surface area contributed by atoms with E-state index in [2.05, 4.69) is 11.2 Å². The van der Waals surface area contributed by atoms with Crippen LogP contribution in [0, 0.1) is 23.7 Å². The smallest absolute Gasteiger partial charge is 0.0115 e. The van der Waals surface area contributed by atoms with Crippen molar-refractivity contribution >= 4 is 0 Å². The first-order valence-corrected chi connectivity index (χ1v) is 4.91. The van der Waals surface area contributed by atoms with E-state index in [-0.39, 0.29) is 20.4 Å². The van der Waals surface area contributed by atoms with Crippen LogP contribution in [0.3, 0.4) is 0 Å². The molecule has 0 amide bonds. The van der Waals surface area contributed by atoms with Crippen LogP contribution in [0.1, 0.15) is 32.1 Å². The van der Waals surface area contributed by atoms with Gasteiger partial charge in [-0.3, -0.25) is 0 Å². The molecule has 73 valence electrons. The van der Waals surface area contributed by atoms with Gasteiger partial charge in [-0.1, -0.05) is 12.8 Å². The third kappa shape index (κ3) is 2.35. The van der Waals surface area contributed by atoms with Crippen LogP contribution in [0.15, 0.2) is 0 Å². The van der Waals surface area contributed by atoms with Gasteiger partial charge in [0.05, 0.1) is 0 Å². The van der Waals surface area contributed by atoms with Crippen molar-refractivity contribution in [3.63, 3.8) is 0 Å². The summed E-state index contributed by atoms with van der Waals surface area (Å²) in [5.41, 5.74) is 0.684. The third-order valence-electron chi connectivity index (χ3n) is 3.45. The molecule has 0 atom stereocenters. The van der Waals surface area contributed by atoms with Gasteiger partial charge >= 0.3 is 0 Å². The Kier molecular flexibility index (Phi) is 3.99. The fourth-order valence-corrected chi connectivity index (χ4v) is 2.75. The van der Waals surface area contributed by atoms with E-state index in [0.717, 1.165) is 25.4 Å². The van der Waals surface area contributed by atoms with Crippen LogP contribution in [0.2, 0.25) is 0 Å². The van der Waals surface area contributed by atoms with Crippen molar-refractivity contribution in [1.82, 2.24) is 0 Å². The zero-order valence-corrected chi connectivity index (χ0v) is 10.6. The van der Waals surface area contributed by atoms with Gasteiger partial charge in [-0.15, -0.1) is 25.4 Å². The van der Waals surface area contributed by atoms with Gasteiger partial charge in [0.1, 0.15) is 0 Å². The molecule has 0 aromatic rings. The quantitative estimate of drug-likeness (QED) is 0.647. The number of hydrogen-bond acceptors (Lipinski definition) is 0. The van der Waals surface area contributed by atoms with E-state index in [1.807, 2.05) is 0 Å². The molecule has 1 aliphatic carbocycles. The van der Waals surface area contributed by atoms with E-state index in [4.69, 9.17) is 6.42 Å². The minimum absolute atomic E-state index is 0. The van der Waals surface area contributed by atoms with E-state index in [9.17, 15) is 0 Å². The SMILES string of the molecule is C#CCC1CC2(CC[N-]CC2)C1.[Re]. The van der Waals surface area contributed by atoms with Crippen LogP contribution in [0.4, 0.5) is 0 Å². The molecule has 0 aromatic heterocycles. The molecule has 2 heteroatoms. The van der Waals surface area contributed by atoms with E-state index < -0.39 is 0 Å². The molecule has 1 heterocycles. The van der Waals surface area contributed by atoms with Crippen molar-refractivity contribution < 1.29 is 20.4 Å².